The molecule has 0 saturated heterocycles. The van der Waals surface area contributed by atoms with Crippen LogP contribution < -0.4 is 0 Å². The Bertz CT molecular complexity index is 141. The Morgan fingerprint density at radius 2 is 1.47 bits per heavy atom. The van der Waals surface area contributed by atoms with Crippen molar-refractivity contribution in [3.05, 3.63) is 0 Å². The number of unbranched alkanes of at least 4 members (excludes halogenated alkanes) is 4. The predicted molar refractivity (Wildman–Crippen MR) is 58.5 cm³/mol. The lowest BCUT2D eigenvalue weighted by Crippen LogP contribution is -2.39. The molecule has 0 bridgehead atoms. The normalized spacial score (nSPS) is 17.4. The fraction of sp³-hybridized carbons (Fsp3) is 1.00. The molecule has 0 aliphatic carbocycles. The van der Waals surface area contributed by atoms with Gasteiger partial charge in [-0.3, -0.25) is 0 Å². The maximum Gasteiger partial charge on any atom is 0.108 e. The van der Waals surface area contributed by atoms with Crippen molar-refractivity contribution < 1.29 is 20.4 Å². The third-order valence-electron chi connectivity index (χ3n) is 2.58. The summed E-state index contributed by atoms with van der Waals surface area (Å²) in [5, 5.41) is 36.4. The lowest BCUT2D eigenvalue weighted by molar-refractivity contribution is -0.0787. The van der Waals surface area contributed by atoms with Crippen LogP contribution in [0.1, 0.15) is 45.4 Å². The second-order valence-corrected chi connectivity index (χ2v) is 4.01. The molecular weight excluding hydrogens is 196 g/mol. The standard InChI is InChI=1S/C11H24O4/c1-2-3-4-5-6-7-9(13)11(15)10(14)8-12/h9-15H,2-8H2,1H3. The number of hydrogen-bond acceptors (Lipinski definition) is 4. The highest BCUT2D eigenvalue weighted by Crippen LogP contribution is 2.11. The molecule has 0 amide bonds. The van der Waals surface area contributed by atoms with Crippen LogP contribution in [0.2, 0.25) is 0 Å². The van der Waals surface area contributed by atoms with Gasteiger partial charge in [-0.25, -0.2) is 0 Å². The van der Waals surface area contributed by atoms with Crippen LogP contribution in [-0.2, 0) is 0 Å². The summed E-state index contributed by atoms with van der Waals surface area (Å²) in [6.07, 6.45) is 2.45. The van der Waals surface area contributed by atoms with Gasteiger partial charge in [-0.2, -0.15) is 0 Å². The SMILES string of the molecule is CCCCCCCC(O)C(O)C(O)CO. The van der Waals surface area contributed by atoms with E-state index in [1.807, 2.05) is 0 Å². The van der Waals surface area contributed by atoms with Crippen LogP contribution in [0.15, 0.2) is 0 Å². The molecule has 3 unspecified atom stereocenters. The van der Waals surface area contributed by atoms with Crippen molar-refractivity contribution in [1.29, 1.82) is 0 Å². The first kappa shape index (κ1) is 14.8. The minimum absolute atomic E-state index is 0.474. The van der Waals surface area contributed by atoms with Crippen molar-refractivity contribution in [1.82, 2.24) is 0 Å². The minimum atomic E-state index is -1.24. The predicted octanol–water partition coefficient (Wildman–Crippen LogP) is 0.422. The molecule has 4 heteroatoms. The molecule has 0 aromatic carbocycles. The van der Waals surface area contributed by atoms with E-state index in [9.17, 15) is 10.2 Å². The Morgan fingerprint density at radius 1 is 0.867 bits per heavy atom. The molecule has 15 heavy (non-hydrogen) atoms. The zero-order chi connectivity index (χ0) is 11.7. The van der Waals surface area contributed by atoms with Gasteiger partial charge in [-0.05, 0) is 6.42 Å². The largest absolute Gasteiger partial charge is 0.394 e. The summed E-state index contributed by atoms with van der Waals surface area (Å²) in [6.45, 7) is 1.62. The van der Waals surface area contributed by atoms with Gasteiger partial charge in [-0.15, -0.1) is 0 Å². The molecule has 3 atom stereocenters. The second kappa shape index (κ2) is 9.09. The van der Waals surface area contributed by atoms with Crippen LogP contribution in [0.4, 0.5) is 0 Å². The molecule has 0 aromatic heterocycles. The minimum Gasteiger partial charge on any atom is -0.394 e. The van der Waals surface area contributed by atoms with Gasteiger partial charge in [-0.1, -0.05) is 39.0 Å². The number of aliphatic hydroxyl groups excluding tert-OH is 4. The first-order valence-corrected chi connectivity index (χ1v) is 5.78. The van der Waals surface area contributed by atoms with Crippen molar-refractivity contribution in [3.8, 4) is 0 Å². The zero-order valence-corrected chi connectivity index (χ0v) is 9.47. The lowest BCUT2D eigenvalue weighted by atomic mass is 10.0. The smallest absolute Gasteiger partial charge is 0.108 e. The van der Waals surface area contributed by atoms with E-state index in [4.69, 9.17) is 10.2 Å². The molecule has 92 valence electrons. The Hall–Kier alpha value is -0.160. The van der Waals surface area contributed by atoms with Crippen molar-refractivity contribution in [3.63, 3.8) is 0 Å². The fourth-order valence-corrected chi connectivity index (χ4v) is 1.49. The van der Waals surface area contributed by atoms with Crippen molar-refractivity contribution >= 4 is 0 Å². The molecule has 0 rings (SSSR count). The summed E-state index contributed by atoms with van der Waals surface area (Å²) >= 11 is 0. The van der Waals surface area contributed by atoms with E-state index < -0.39 is 24.9 Å². The molecule has 0 aromatic rings. The van der Waals surface area contributed by atoms with Gasteiger partial charge in [0.1, 0.15) is 12.2 Å². The van der Waals surface area contributed by atoms with Crippen LogP contribution >= 0.6 is 0 Å². The van der Waals surface area contributed by atoms with Gasteiger partial charge in [0, 0.05) is 0 Å². The molecule has 0 saturated carbocycles. The highest BCUT2D eigenvalue weighted by Gasteiger charge is 2.23. The molecule has 0 heterocycles. The van der Waals surface area contributed by atoms with Gasteiger partial charge >= 0.3 is 0 Å². The average Bonchev–Trinajstić information content (AvgIpc) is 2.26. The number of aliphatic hydroxyl groups is 4. The maximum atomic E-state index is 9.45. The summed E-state index contributed by atoms with van der Waals surface area (Å²) in [5.41, 5.74) is 0. The summed E-state index contributed by atoms with van der Waals surface area (Å²) in [4.78, 5) is 0. The van der Waals surface area contributed by atoms with Crippen LogP contribution in [0.3, 0.4) is 0 Å². The first-order chi connectivity index (χ1) is 7.13. The maximum absolute atomic E-state index is 9.45. The third-order valence-corrected chi connectivity index (χ3v) is 2.58. The summed E-state index contributed by atoms with van der Waals surface area (Å²) in [7, 11) is 0. The van der Waals surface area contributed by atoms with Crippen molar-refractivity contribution in [2.75, 3.05) is 6.61 Å². The van der Waals surface area contributed by atoms with E-state index in [-0.39, 0.29) is 0 Å². The monoisotopic (exact) mass is 220 g/mol. The lowest BCUT2D eigenvalue weighted by Gasteiger charge is -2.21. The fourth-order valence-electron chi connectivity index (χ4n) is 1.49. The van der Waals surface area contributed by atoms with Crippen LogP contribution in [0, 0.1) is 0 Å². The van der Waals surface area contributed by atoms with E-state index in [0.29, 0.717) is 6.42 Å². The third kappa shape index (κ3) is 6.84. The zero-order valence-electron chi connectivity index (χ0n) is 9.47. The molecule has 4 nitrogen and oxygen atoms in total. The van der Waals surface area contributed by atoms with Crippen molar-refractivity contribution in [2.24, 2.45) is 0 Å². The van der Waals surface area contributed by atoms with Gasteiger partial charge in [0.15, 0.2) is 0 Å². The topological polar surface area (TPSA) is 80.9 Å². The molecule has 4 N–H and O–H groups in total. The van der Waals surface area contributed by atoms with Crippen LogP contribution in [0.25, 0.3) is 0 Å². The van der Waals surface area contributed by atoms with Crippen LogP contribution in [0.5, 0.6) is 0 Å². The molecule has 0 spiro atoms. The number of hydrogen-bond donors (Lipinski definition) is 4. The molecule has 0 aliphatic rings. The Morgan fingerprint density at radius 3 is 2.00 bits per heavy atom. The highest BCUT2D eigenvalue weighted by molar-refractivity contribution is 4.74. The Labute approximate surface area is 91.6 Å². The van der Waals surface area contributed by atoms with Crippen LogP contribution in [-0.4, -0.2) is 45.3 Å². The van der Waals surface area contributed by atoms with Gasteiger partial charge in [0.2, 0.25) is 0 Å². The van der Waals surface area contributed by atoms with E-state index in [2.05, 4.69) is 6.92 Å². The summed E-state index contributed by atoms with van der Waals surface area (Å²) in [6, 6.07) is 0. The number of rotatable bonds is 9. The quantitative estimate of drug-likeness (QED) is 0.425. The molecule has 0 aliphatic heterocycles. The van der Waals surface area contributed by atoms with Gasteiger partial charge in [0.05, 0.1) is 12.7 Å². The highest BCUT2D eigenvalue weighted by atomic mass is 16.4. The Balaban J connectivity index is 3.50. The van der Waals surface area contributed by atoms with E-state index in [1.54, 1.807) is 0 Å². The van der Waals surface area contributed by atoms with Gasteiger partial charge in [0.25, 0.3) is 0 Å². The van der Waals surface area contributed by atoms with Crippen molar-refractivity contribution in [2.45, 2.75) is 63.8 Å². The molecular formula is C11H24O4. The first-order valence-electron chi connectivity index (χ1n) is 5.78. The van der Waals surface area contributed by atoms with E-state index >= 15 is 0 Å². The van der Waals surface area contributed by atoms with E-state index in [1.165, 1.54) is 12.8 Å². The average molecular weight is 220 g/mol. The molecule has 0 radical (unpaired) electrons. The molecule has 0 fully saturated rings. The summed E-state index contributed by atoms with van der Waals surface area (Å²) < 4.78 is 0. The van der Waals surface area contributed by atoms with Gasteiger partial charge < -0.3 is 20.4 Å². The Kier molecular flexibility index (Phi) is 9.00. The summed E-state index contributed by atoms with van der Waals surface area (Å²) in [5.74, 6) is 0. The second-order valence-electron chi connectivity index (χ2n) is 4.01. The van der Waals surface area contributed by atoms with E-state index in [0.717, 1.165) is 19.3 Å².